The Morgan fingerprint density at radius 3 is 2.72 bits per heavy atom. The first-order chi connectivity index (χ1) is 8.54. The van der Waals surface area contributed by atoms with Crippen LogP contribution in [0, 0.1) is 19.7 Å². The first-order valence-electron chi connectivity index (χ1n) is 5.43. The molecule has 0 saturated carbocycles. The number of hydrogen-bond acceptors (Lipinski definition) is 3. The first kappa shape index (κ1) is 12.8. The highest BCUT2D eigenvalue weighted by Crippen LogP contribution is 2.19. The topological polar surface area (TPSA) is 35.0 Å². The third-order valence-corrected chi connectivity index (χ3v) is 2.51. The number of ether oxygens (including phenoxy) is 1. The molecule has 0 aliphatic heterocycles. The molecule has 0 aliphatic rings. The lowest BCUT2D eigenvalue weighted by Crippen LogP contribution is -2.04. The van der Waals surface area contributed by atoms with Gasteiger partial charge in [0.05, 0.1) is 0 Å². The van der Waals surface area contributed by atoms with Crippen LogP contribution in [-0.4, -0.2) is 9.97 Å². The van der Waals surface area contributed by atoms with E-state index in [2.05, 4.69) is 9.97 Å². The lowest BCUT2D eigenvalue weighted by molar-refractivity contribution is 0.280. The molecule has 0 bridgehead atoms. The molecule has 0 saturated heterocycles. The molecule has 0 amide bonds. The molecule has 0 fully saturated rings. The Bertz CT molecular complexity index is 555. The predicted octanol–water partition coefficient (Wildman–Crippen LogP) is 3.46. The Morgan fingerprint density at radius 1 is 1.22 bits per heavy atom. The number of halogens is 2. The molecule has 0 spiro atoms. The first-order valence-corrected chi connectivity index (χ1v) is 5.81. The maximum absolute atomic E-state index is 13.4. The normalized spacial score (nSPS) is 10.4. The van der Waals surface area contributed by atoms with Crippen LogP contribution in [0.15, 0.2) is 24.3 Å². The van der Waals surface area contributed by atoms with Gasteiger partial charge in [-0.2, -0.15) is 0 Å². The van der Waals surface area contributed by atoms with Crippen LogP contribution in [0.25, 0.3) is 0 Å². The van der Waals surface area contributed by atoms with Gasteiger partial charge >= 0.3 is 0 Å². The highest BCUT2D eigenvalue weighted by Gasteiger charge is 2.06. The van der Waals surface area contributed by atoms with Gasteiger partial charge in [-0.1, -0.05) is 17.7 Å². The molecule has 2 aromatic rings. The van der Waals surface area contributed by atoms with Crippen LogP contribution in [0.5, 0.6) is 5.75 Å². The minimum atomic E-state index is -0.403. The van der Waals surface area contributed by atoms with E-state index in [0.29, 0.717) is 11.0 Å². The largest absolute Gasteiger partial charge is 0.483 e. The lowest BCUT2D eigenvalue weighted by atomic mass is 10.2. The van der Waals surface area contributed by atoms with Crippen molar-refractivity contribution < 1.29 is 9.13 Å². The molecule has 1 aromatic carbocycles. The van der Waals surface area contributed by atoms with Gasteiger partial charge in [0.2, 0.25) is 0 Å². The lowest BCUT2D eigenvalue weighted by Gasteiger charge is -2.07. The van der Waals surface area contributed by atoms with E-state index >= 15 is 0 Å². The van der Waals surface area contributed by atoms with E-state index in [4.69, 9.17) is 16.3 Å². The molecule has 18 heavy (non-hydrogen) atoms. The minimum absolute atomic E-state index is 0.0851. The number of benzene rings is 1. The zero-order chi connectivity index (χ0) is 13.1. The Balaban J connectivity index is 2.13. The van der Waals surface area contributed by atoms with Gasteiger partial charge in [0, 0.05) is 5.69 Å². The summed E-state index contributed by atoms with van der Waals surface area (Å²) in [5.74, 6) is 0.219. The van der Waals surface area contributed by atoms with Crippen molar-refractivity contribution in [3.63, 3.8) is 0 Å². The average molecular weight is 267 g/mol. The Morgan fingerprint density at radius 2 is 2.00 bits per heavy atom. The van der Waals surface area contributed by atoms with E-state index in [1.165, 1.54) is 6.07 Å². The summed E-state index contributed by atoms with van der Waals surface area (Å²) in [5, 5.41) is 0.353. The van der Waals surface area contributed by atoms with Crippen molar-refractivity contribution in [1.29, 1.82) is 0 Å². The number of aryl methyl sites for hydroxylation is 2. The average Bonchev–Trinajstić information content (AvgIpc) is 2.29. The van der Waals surface area contributed by atoms with Crippen LogP contribution in [-0.2, 0) is 6.61 Å². The molecule has 1 aromatic heterocycles. The quantitative estimate of drug-likeness (QED) is 0.798. The summed E-state index contributed by atoms with van der Waals surface area (Å²) >= 11 is 5.81. The molecule has 94 valence electrons. The minimum Gasteiger partial charge on any atom is -0.483 e. The van der Waals surface area contributed by atoms with Crippen molar-refractivity contribution in [3.8, 4) is 5.75 Å². The molecular formula is C13H12ClFN2O. The molecule has 0 N–H and O–H groups in total. The second-order valence-corrected chi connectivity index (χ2v) is 4.36. The Kier molecular flexibility index (Phi) is 3.77. The fourth-order valence-electron chi connectivity index (χ4n) is 1.52. The number of rotatable bonds is 3. The van der Waals surface area contributed by atoms with Crippen LogP contribution in [0.3, 0.4) is 0 Å². The van der Waals surface area contributed by atoms with E-state index in [0.717, 1.165) is 11.3 Å². The van der Waals surface area contributed by atoms with E-state index in [1.54, 1.807) is 18.2 Å². The Hall–Kier alpha value is -1.68. The van der Waals surface area contributed by atoms with Gasteiger partial charge in [0.25, 0.3) is 0 Å². The van der Waals surface area contributed by atoms with Gasteiger partial charge in [0.1, 0.15) is 11.8 Å². The predicted molar refractivity (Wildman–Crippen MR) is 67.2 cm³/mol. The molecule has 1 heterocycles. The molecule has 0 unspecified atom stereocenters. The second kappa shape index (κ2) is 5.31. The van der Waals surface area contributed by atoms with Crippen molar-refractivity contribution >= 4 is 11.6 Å². The second-order valence-electron chi connectivity index (χ2n) is 3.97. The van der Waals surface area contributed by atoms with Gasteiger partial charge < -0.3 is 4.74 Å². The highest BCUT2D eigenvalue weighted by atomic mass is 35.5. The van der Waals surface area contributed by atoms with Crippen molar-refractivity contribution in [2.75, 3.05) is 0 Å². The SMILES string of the molecule is Cc1ccc(F)c(OCc2nc(C)cc(Cl)n2)c1. The third kappa shape index (κ3) is 3.17. The van der Waals surface area contributed by atoms with Crippen LogP contribution in [0.2, 0.25) is 5.15 Å². The molecule has 0 radical (unpaired) electrons. The van der Waals surface area contributed by atoms with Gasteiger partial charge in [-0.05, 0) is 37.6 Å². The maximum Gasteiger partial charge on any atom is 0.167 e. The van der Waals surface area contributed by atoms with E-state index in [-0.39, 0.29) is 12.4 Å². The molecule has 5 heteroatoms. The molecule has 3 nitrogen and oxygen atoms in total. The van der Waals surface area contributed by atoms with Crippen LogP contribution in [0.4, 0.5) is 4.39 Å². The van der Waals surface area contributed by atoms with Gasteiger partial charge in [-0.15, -0.1) is 0 Å². The van der Waals surface area contributed by atoms with Crippen molar-refractivity contribution in [3.05, 3.63) is 52.3 Å². The van der Waals surface area contributed by atoms with E-state index < -0.39 is 5.82 Å². The zero-order valence-electron chi connectivity index (χ0n) is 10.1. The van der Waals surface area contributed by atoms with Gasteiger partial charge in [-0.25, -0.2) is 14.4 Å². The molecule has 0 atom stereocenters. The van der Waals surface area contributed by atoms with Crippen molar-refractivity contribution in [1.82, 2.24) is 9.97 Å². The summed E-state index contributed by atoms with van der Waals surface area (Å²) in [6, 6.07) is 6.34. The summed E-state index contributed by atoms with van der Waals surface area (Å²) in [7, 11) is 0. The monoisotopic (exact) mass is 266 g/mol. The van der Waals surface area contributed by atoms with Crippen molar-refractivity contribution in [2.24, 2.45) is 0 Å². The number of aromatic nitrogens is 2. The number of hydrogen-bond donors (Lipinski definition) is 0. The van der Waals surface area contributed by atoms with Gasteiger partial charge in [-0.3, -0.25) is 0 Å². The maximum atomic E-state index is 13.4. The summed E-state index contributed by atoms with van der Waals surface area (Å²) < 4.78 is 18.8. The summed E-state index contributed by atoms with van der Waals surface area (Å²) in [4.78, 5) is 8.17. The fourth-order valence-corrected chi connectivity index (χ4v) is 1.77. The Labute approximate surface area is 110 Å². The molecule has 2 rings (SSSR count). The van der Waals surface area contributed by atoms with Crippen LogP contribution in [0.1, 0.15) is 17.1 Å². The zero-order valence-corrected chi connectivity index (χ0v) is 10.8. The molecule has 0 aliphatic carbocycles. The van der Waals surface area contributed by atoms with Crippen LogP contribution < -0.4 is 4.74 Å². The van der Waals surface area contributed by atoms with Crippen molar-refractivity contribution in [2.45, 2.75) is 20.5 Å². The van der Waals surface area contributed by atoms with Crippen LogP contribution >= 0.6 is 11.6 Å². The summed E-state index contributed by atoms with van der Waals surface area (Å²) in [6.07, 6.45) is 0. The smallest absolute Gasteiger partial charge is 0.167 e. The standard InChI is InChI=1S/C13H12ClFN2O/c1-8-3-4-10(15)11(5-8)18-7-13-16-9(2)6-12(14)17-13/h3-6H,7H2,1-2H3. The molecular weight excluding hydrogens is 255 g/mol. The highest BCUT2D eigenvalue weighted by molar-refractivity contribution is 6.29. The number of nitrogens with zero attached hydrogens (tertiary/aromatic N) is 2. The van der Waals surface area contributed by atoms with E-state index in [9.17, 15) is 4.39 Å². The fraction of sp³-hybridized carbons (Fsp3) is 0.231. The third-order valence-electron chi connectivity index (χ3n) is 2.31. The van der Waals surface area contributed by atoms with Gasteiger partial charge in [0.15, 0.2) is 17.4 Å². The van der Waals surface area contributed by atoms with E-state index in [1.807, 2.05) is 13.8 Å². The summed E-state index contributed by atoms with van der Waals surface area (Å²) in [5.41, 5.74) is 1.67. The summed E-state index contributed by atoms with van der Waals surface area (Å²) in [6.45, 7) is 3.76.